The molecule has 0 spiro atoms. The zero-order valence-corrected chi connectivity index (χ0v) is 19.2. The first-order chi connectivity index (χ1) is 16.8. The van der Waals surface area contributed by atoms with Crippen LogP contribution in [0.2, 0.25) is 0 Å². The topological polar surface area (TPSA) is 100 Å². The molecule has 0 unspecified atom stereocenters. The number of rotatable bonds is 7. The molecule has 2 aromatic heterocycles. The molecule has 0 saturated heterocycles. The summed E-state index contributed by atoms with van der Waals surface area (Å²) >= 11 is 0. The fraction of sp³-hybridized carbons (Fsp3) is 0.333. The van der Waals surface area contributed by atoms with Gasteiger partial charge in [-0.05, 0) is 25.0 Å². The first kappa shape index (κ1) is 24.4. The smallest absolute Gasteiger partial charge is 0.266 e. The Labute approximate surface area is 198 Å². The predicted molar refractivity (Wildman–Crippen MR) is 125 cm³/mol. The Morgan fingerprint density at radius 2 is 2.11 bits per heavy atom. The maximum Gasteiger partial charge on any atom is 0.266 e. The second kappa shape index (κ2) is 10.3. The standard InChI is InChI=1S/C24H24F3N5O3/c1-13-29-22(28-11-15-4-3-5-16(20(15)25)21(26)27)18-10-17(24(34)31-23(18)30-13)14-6-8-32(9-7-14)19(33)12-35-2/h3-6,10,21H,7-9,11-12H2,1-2H3,(H2,28,29,30,31,34). The van der Waals surface area contributed by atoms with Gasteiger partial charge in [0, 0.05) is 37.9 Å². The molecular formula is C24H24F3N5O3. The molecule has 2 N–H and O–H groups in total. The molecule has 3 heterocycles. The van der Waals surface area contributed by atoms with Gasteiger partial charge in [-0.1, -0.05) is 24.3 Å². The normalized spacial score (nSPS) is 13.9. The number of anilines is 1. The molecule has 4 rings (SSSR count). The van der Waals surface area contributed by atoms with Crippen LogP contribution in [0.5, 0.6) is 0 Å². The van der Waals surface area contributed by atoms with E-state index >= 15 is 0 Å². The Kier molecular flexibility index (Phi) is 7.15. The van der Waals surface area contributed by atoms with Crippen LogP contribution in [0.15, 0.2) is 35.1 Å². The van der Waals surface area contributed by atoms with Gasteiger partial charge in [-0.2, -0.15) is 0 Å². The molecule has 184 valence electrons. The van der Waals surface area contributed by atoms with Gasteiger partial charge in [0.2, 0.25) is 5.91 Å². The summed E-state index contributed by atoms with van der Waals surface area (Å²) in [6, 6.07) is 5.49. The zero-order chi connectivity index (χ0) is 25.1. The summed E-state index contributed by atoms with van der Waals surface area (Å²) in [5.74, 6) is -0.401. The minimum Gasteiger partial charge on any atom is -0.375 e. The quantitative estimate of drug-likeness (QED) is 0.529. The number of aromatic nitrogens is 3. The molecule has 11 heteroatoms. The number of nitrogens with zero attached hydrogens (tertiary/aromatic N) is 3. The largest absolute Gasteiger partial charge is 0.375 e. The lowest BCUT2D eigenvalue weighted by molar-refractivity contribution is -0.134. The maximum absolute atomic E-state index is 14.5. The number of halogens is 3. The molecule has 1 aliphatic rings. The van der Waals surface area contributed by atoms with Gasteiger partial charge in [0.05, 0.1) is 10.9 Å². The molecule has 1 amide bonds. The third-order valence-electron chi connectivity index (χ3n) is 5.79. The number of benzene rings is 1. The molecular weight excluding hydrogens is 463 g/mol. The molecule has 0 aliphatic carbocycles. The number of H-pyrrole nitrogens is 1. The zero-order valence-electron chi connectivity index (χ0n) is 19.2. The van der Waals surface area contributed by atoms with Crippen LogP contribution in [0, 0.1) is 12.7 Å². The lowest BCUT2D eigenvalue weighted by atomic mass is 9.99. The number of alkyl halides is 2. The van der Waals surface area contributed by atoms with Gasteiger partial charge in [-0.15, -0.1) is 0 Å². The average Bonchev–Trinajstić information content (AvgIpc) is 2.83. The number of carbonyl (C=O) groups is 1. The van der Waals surface area contributed by atoms with E-state index in [1.165, 1.54) is 19.2 Å². The lowest BCUT2D eigenvalue weighted by Gasteiger charge is -2.26. The van der Waals surface area contributed by atoms with Gasteiger partial charge in [0.25, 0.3) is 12.0 Å². The van der Waals surface area contributed by atoms with Crippen molar-refractivity contribution in [2.24, 2.45) is 0 Å². The van der Waals surface area contributed by atoms with Crippen LogP contribution in [0.4, 0.5) is 19.0 Å². The molecule has 0 radical (unpaired) electrons. The Balaban J connectivity index is 1.65. The summed E-state index contributed by atoms with van der Waals surface area (Å²) in [7, 11) is 1.46. The highest BCUT2D eigenvalue weighted by Crippen LogP contribution is 2.27. The Bertz CT molecular complexity index is 1360. The summed E-state index contributed by atoms with van der Waals surface area (Å²) in [6.07, 6.45) is -0.624. The molecule has 35 heavy (non-hydrogen) atoms. The summed E-state index contributed by atoms with van der Waals surface area (Å²) in [4.78, 5) is 37.9. The number of ether oxygens (including phenoxy) is 1. The van der Waals surface area contributed by atoms with E-state index in [1.807, 2.05) is 6.08 Å². The van der Waals surface area contributed by atoms with Crippen molar-refractivity contribution in [3.05, 3.63) is 69.0 Å². The summed E-state index contributed by atoms with van der Waals surface area (Å²) in [5, 5.41) is 3.49. The average molecular weight is 487 g/mol. The number of pyridine rings is 1. The van der Waals surface area contributed by atoms with E-state index in [0.29, 0.717) is 47.7 Å². The Morgan fingerprint density at radius 1 is 1.31 bits per heavy atom. The van der Waals surface area contributed by atoms with Crippen molar-refractivity contribution < 1.29 is 22.7 Å². The van der Waals surface area contributed by atoms with Crippen molar-refractivity contribution >= 4 is 28.3 Å². The fourth-order valence-corrected chi connectivity index (χ4v) is 4.01. The number of aromatic amines is 1. The van der Waals surface area contributed by atoms with E-state index in [1.54, 1.807) is 17.9 Å². The van der Waals surface area contributed by atoms with Crippen LogP contribution in [-0.4, -0.2) is 52.6 Å². The summed E-state index contributed by atoms with van der Waals surface area (Å²) < 4.78 is 45.5. The van der Waals surface area contributed by atoms with Crippen molar-refractivity contribution in [3.63, 3.8) is 0 Å². The second-order valence-electron chi connectivity index (χ2n) is 8.12. The number of methoxy groups -OCH3 is 1. The number of fused-ring (bicyclic) bond motifs is 1. The molecule has 8 nitrogen and oxygen atoms in total. The van der Waals surface area contributed by atoms with Gasteiger partial charge in [0.1, 0.15) is 29.7 Å². The van der Waals surface area contributed by atoms with E-state index in [0.717, 1.165) is 11.6 Å². The van der Waals surface area contributed by atoms with Crippen molar-refractivity contribution in [1.29, 1.82) is 0 Å². The van der Waals surface area contributed by atoms with Crippen molar-refractivity contribution in [1.82, 2.24) is 19.9 Å². The van der Waals surface area contributed by atoms with Gasteiger partial charge in [0.15, 0.2) is 0 Å². The van der Waals surface area contributed by atoms with E-state index in [-0.39, 0.29) is 30.2 Å². The molecule has 3 aromatic rings. The van der Waals surface area contributed by atoms with Crippen molar-refractivity contribution in [3.8, 4) is 0 Å². The summed E-state index contributed by atoms with van der Waals surface area (Å²) in [5.41, 5.74) is 0.549. The molecule has 0 fully saturated rings. The van der Waals surface area contributed by atoms with Crippen molar-refractivity contribution in [2.45, 2.75) is 26.3 Å². The molecule has 1 aliphatic heterocycles. The number of aryl methyl sites for hydroxylation is 1. The van der Waals surface area contributed by atoms with Gasteiger partial charge in [-0.25, -0.2) is 23.1 Å². The maximum atomic E-state index is 14.5. The van der Waals surface area contributed by atoms with Crippen LogP contribution in [0.3, 0.4) is 0 Å². The van der Waals surface area contributed by atoms with Gasteiger partial charge in [-0.3, -0.25) is 9.59 Å². The van der Waals surface area contributed by atoms with Crippen LogP contribution >= 0.6 is 0 Å². The van der Waals surface area contributed by atoms with Crippen LogP contribution in [-0.2, 0) is 16.1 Å². The van der Waals surface area contributed by atoms with Crippen LogP contribution < -0.4 is 10.9 Å². The monoisotopic (exact) mass is 487 g/mol. The number of carbonyl (C=O) groups excluding carboxylic acids is 1. The second-order valence-corrected chi connectivity index (χ2v) is 8.12. The molecule has 0 saturated carbocycles. The minimum atomic E-state index is -2.92. The summed E-state index contributed by atoms with van der Waals surface area (Å²) in [6.45, 7) is 2.34. The highest BCUT2D eigenvalue weighted by molar-refractivity contribution is 5.89. The van der Waals surface area contributed by atoms with Gasteiger partial charge < -0.3 is 19.9 Å². The minimum absolute atomic E-state index is 0.00767. The molecule has 0 atom stereocenters. The fourth-order valence-electron chi connectivity index (χ4n) is 4.01. The number of nitrogens with one attached hydrogen (secondary N) is 2. The van der Waals surface area contributed by atoms with Crippen molar-refractivity contribution in [2.75, 3.05) is 32.1 Å². The van der Waals surface area contributed by atoms with E-state index in [9.17, 15) is 22.8 Å². The SMILES string of the molecule is COCC(=O)N1CC=C(c2cc3c(NCc4cccc(C(F)F)c4F)nc(C)nc3[nH]c2=O)CC1. The third-order valence-corrected chi connectivity index (χ3v) is 5.79. The highest BCUT2D eigenvalue weighted by atomic mass is 19.3. The number of amides is 1. The molecule has 1 aromatic carbocycles. The number of hydrogen-bond acceptors (Lipinski definition) is 6. The third kappa shape index (κ3) is 5.19. The van der Waals surface area contributed by atoms with Gasteiger partial charge >= 0.3 is 0 Å². The number of hydrogen-bond donors (Lipinski definition) is 2. The van der Waals surface area contributed by atoms with E-state index in [4.69, 9.17) is 4.74 Å². The highest BCUT2D eigenvalue weighted by Gasteiger charge is 2.21. The first-order valence-electron chi connectivity index (χ1n) is 11.0. The van der Waals surface area contributed by atoms with E-state index < -0.39 is 17.8 Å². The Hall–Kier alpha value is -3.73. The Morgan fingerprint density at radius 3 is 2.80 bits per heavy atom. The van der Waals surface area contributed by atoms with E-state index in [2.05, 4.69) is 20.3 Å². The van der Waals surface area contributed by atoms with Crippen LogP contribution in [0.25, 0.3) is 16.6 Å². The predicted octanol–water partition coefficient (Wildman–Crippen LogP) is 3.58. The first-order valence-corrected chi connectivity index (χ1v) is 11.0. The van der Waals surface area contributed by atoms with Crippen LogP contribution in [0.1, 0.15) is 35.4 Å². The lowest BCUT2D eigenvalue weighted by Crippen LogP contribution is -2.37. The molecule has 0 bridgehead atoms.